The van der Waals surface area contributed by atoms with Crippen molar-refractivity contribution in [2.24, 2.45) is 5.41 Å². The van der Waals surface area contributed by atoms with E-state index in [0.29, 0.717) is 19.4 Å². The predicted molar refractivity (Wildman–Crippen MR) is 92.3 cm³/mol. The SMILES string of the molecule is CCc1ccc(NC(=O)C2(C(=O)NCCCN(C)C)CC2)cc1. The van der Waals surface area contributed by atoms with Gasteiger partial charge in [-0.25, -0.2) is 0 Å². The van der Waals surface area contributed by atoms with Crippen LogP contribution in [0.1, 0.15) is 31.7 Å². The van der Waals surface area contributed by atoms with Gasteiger partial charge in [0.15, 0.2) is 0 Å². The molecule has 0 unspecified atom stereocenters. The molecule has 2 amide bonds. The monoisotopic (exact) mass is 317 g/mol. The van der Waals surface area contributed by atoms with Gasteiger partial charge in [-0.3, -0.25) is 9.59 Å². The molecule has 2 N–H and O–H groups in total. The Labute approximate surface area is 138 Å². The standard InChI is InChI=1S/C18H27N3O2/c1-4-14-6-8-15(9-7-14)20-17(23)18(10-11-18)16(22)19-12-5-13-21(2)3/h6-9H,4-5,10-13H2,1-3H3,(H,19,22)(H,20,23). The highest BCUT2D eigenvalue weighted by atomic mass is 16.2. The van der Waals surface area contributed by atoms with Crippen molar-refractivity contribution in [2.75, 3.05) is 32.5 Å². The molecular formula is C18H27N3O2. The normalized spacial score (nSPS) is 15.3. The molecule has 0 aliphatic heterocycles. The molecule has 1 aromatic rings. The van der Waals surface area contributed by atoms with Gasteiger partial charge in [0.1, 0.15) is 5.41 Å². The Morgan fingerprint density at radius 3 is 2.30 bits per heavy atom. The van der Waals surface area contributed by atoms with E-state index in [0.717, 1.165) is 25.1 Å². The van der Waals surface area contributed by atoms with Crippen LogP contribution in [0, 0.1) is 5.41 Å². The Bertz CT molecular complexity index is 548. The molecule has 0 spiro atoms. The van der Waals surface area contributed by atoms with Crippen LogP contribution in [-0.4, -0.2) is 43.9 Å². The second-order valence-electron chi connectivity index (χ2n) is 6.50. The third-order valence-corrected chi connectivity index (χ3v) is 4.31. The second-order valence-corrected chi connectivity index (χ2v) is 6.50. The van der Waals surface area contributed by atoms with E-state index in [-0.39, 0.29) is 11.8 Å². The molecular weight excluding hydrogens is 290 g/mol. The van der Waals surface area contributed by atoms with E-state index in [9.17, 15) is 9.59 Å². The third kappa shape index (κ3) is 4.55. The Balaban J connectivity index is 1.86. The molecule has 0 radical (unpaired) electrons. The summed E-state index contributed by atoms with van der Waals surface area (Å²) in [5, 5.41) is 5.78. The summed E-state index contributed by atoms with van der Waals surface area (Å²) >= 11 is 0. The fourth-order valence-electron chi connectivity index (χ4n) is 2.52. The van der Waals surface area contributed by atoms with Crippen LogP contribution in [0.5, 0.6) is 0 Å². The Kier molecular flexibility index (Phi) is 5.77. The Morgan fingerprint density at radius 1 is 1.13 bits per heavy atom. The maximum absolute atomic E-state index is 12.5. The highest BCUT2D eigenvalue weighted by Crippen LogP contribution is 2.46. The van der Waals surface area contributed by atoms with Crippen molar-refractivity contribution in [3.8, 4) is 0 Å². The summed E-state index contributed by atoms with van der Waals surface area (Å²) in [4.78, 5) is 26.8. The first-order valence-corrected chi connectivity index (χ1v) is 8.31. The summed E-state index contributed by atoms with van der Waals surface area (Å²) in [5.41, 5.74) is 1.11. The van der Waals surface area contributed by atoms with Gasteiger partial charge >= 0.3 is 0 Å². The summed E-state index contributed by atoms with van der Waals surface area (Å²) < 4.78 is 0. The number of aryl methyl sites for hydroxylation is 1. The molecule has 126 valence electrons. The molecule has 23 heavy (non-hydrogen) atoms. The van der Waals surface area contributed by atoms with Crippen molar-refractivity contribution >= 4 is 17.5 Å². The number of nitrogens with zero attached hydrogens (tertiary/aromatic N) is 1. The van der Waals surface area contributed by atoms with Gasteiger partial charge in [-0.15, -0.1) is 0 Å². The summed E-state index contributed by atoms with van der Waals surface area (Å²) in [6, 6.07) is 7.77. The van der Waals surface area contributed by atoms with Gasteiger partial charge < -0.3 is 15.5 Å². The van der Waals surface area contributed by atoms with Crippen LogP contribution in [0.2, 0.25) is 0 Å². The van der Waals surface area contributed by atoms with Crippen LogP contribution in [0.3, 0.4) is 0 Å². The molecule has 1 fully saturated rings. The average Bonchev–Trinajstić information content (AvgIpc) is 3.34. The lowest BCUT2D eigenvalue weighted by molar-refractivity contribution is -0.134. The lowest BCUT2D eigenvalue weighted by Crippen LogP contribution is -2.40. The maximum atomic E-state index is 12.5. The zero-order valence-electron chi connectivity index (χ0n) is 14.3. The van der Waals surface area contributed by atoms with Gasteiger partial charge in [0.2, 0.25) is 11.8 Å². The van der Waals surface area contributed by atoms with Crippen LogP contribution >= 0.6 is 0 Å². The highest BCUT2D eigenvalue weighted by Gasteiger charge is 2.56. The lowest BCUT2D eigenvalue weighted by Gasteiger charge is -2.16. The predicted octanol–water partition coefficient (Wildman–Crippen LogP) is 2.04. The molecule has 1 aliphatic rings. The van der Waals surface area contributed by atoms with Crippen molar-refractivity contribution < 1.29 is 9.59 Å². The van der Waals surface area contributed by atoms with E-state index in [1.54, 1.807) is 0 Å². The van der Waals surface area contributed by atoms with Crippen molar-refractivity contribution in [3.05, 3.63) is 29.8 Å². The molecule has 0 aromatic heterocycles. The second kappa shape index (κ2) is 7.59. The first-order valence-electron chi connectivity index (χ1n) is 8.31. The minimum Gasteiger partial charge on any atom is -0.355 e. The number of anilines is 1. The number of rotatable bonds is 8. The van der Waals surface area contributed by atoms with Gasteiger partial charge in [-0.1, -0.05) is 19.1 Å². The first kappa shape index (κ1) is 17.5. The molecule has 1 saturated carbocycles. The van der Waals surface area contributed by atoms with Crippen molar-refractivity contribution in [1.82, 2.24) is 10.2 Å². The highest BCUT2D eigenvalue weighted by molar-refractivity contribution is 6.13. The van der Waals surface area contributed by atoms with Gasteiger partial charge in [-0.2, -0.15) is 0 Å². The number of hydrogen-bond donors (Lipinski definition) is 2. The summed E-state index contributed by atoms with van der Waals surface area (Å²) in [6.45, 7) is 3.62. The van der Waals surface area contributed by atoms with Crippen LogP contribution in [0.15, 0.2) is 24.3 Å². The maximum Gasteiger partial charge on any atom is 0.240 e. The third-order valence-electron chi connectivity index (χ3n) is 4.31. The Morgan fingerprint density at radius 2 is 1.78 bits per heavy atom. The fraction of sp³-hybridized carbons (Fsp3) is 0.556. The molecule has 0 saturated heterocycles. The molecule has 0 atom stereocenters. The van der Waals surface area contributed by atoms with Gasteiger partial charge in [0, 0.05) is 12.2 Å². The van der Waals surface area contributed by atoms with Crippen LogP contribution in [0.25, 0.3) is 0 Å². The van der Waals surface area contributed by atoms with E-state index in [2.05, 4.69) is 22.5 Å². The smallest absolute Gasteiger partial charge is 0.240 e. The molecule has 2 rings (SSSR count). The van der Waals surface area contributed by atoms with Crippen molar-refractivity contribution in [3.63, 3.8) is 0 Å². The van der Waals surface area contributed by atoms with Gasteiger partial charge in [-0.05, 0) is 64.0 Å². The van der Waals surface area contributed by atoms with Crippen LogP contribution < -0.4 is 10.6 Å². The molecule has 5 nitrogen and oxygen atoms in total. The fourth-order valence-corrected chi connectivity index (χ4v) is 2.52. The van der Waals surface area contributed by atoms with E-state index < -0.39 is 5.41 Å². The van der Waals surface area contributed by atoms with E-state index in [1.165, 1.54) is 5.56 Å². The molecule has 5 heteroatoms. The van der Waals surface area contributed by atoms with Gasteiger partial charge in [0.25, 0.3) is 0 Å². The van der Waals surface area contributed by atoms with Crippen LogP contribution in [-0.2, 0) is 16.0 Å². The van der Waals surface area contributed by atoms with E-state index >= 15 is 0 Å². The summed E-state index contributed by atoms with van der Waals surface area (Å²) in [5.74, 6) is -0.328. The number of amides is 2. The summed E-state index contributed by atoms with van der Waals surface area (Å²) in [6.07, 6.45) is 3.11. The number of benzene rings is 1. The van der Waals surface area contributed by atoms with E-state index in [1.807, 2.05) is 38.4 Å². The largest absolute Gasteiger partial charge is 0.355 e. The first-order chi connectivity index (χ1) is 11.0. The molecule has 1 aliphatic carbocycles. The van der Waals surface area contributed by atoms with Gasteiger partial charge in [0.05, 0.1) is 0 Å². The van der Waals surface area contributed by atoms with E-state index in [4.69, 9.17) is 0 Å². The number of carbonyl (C=O) groups excluding carboxylic acids is 2. The lowest BCUT2D eigenvalue weighted by atomic mass is 10.0. The number of hydrogen-bond acceptors (Lipinski definition) is 3. The minimum atomic E-state index is -0.860. The number of nitrogens with one attached hydrogen (secondary N) is 2. The Hall–Kier alpha value is -1.88. The summed E-state index contributed by atoms with van der Waals surface area (Å²) in [7, 11) is 4.00. The molecule has 0 heterocycles. The minimum absolute atomic E-state index is 0.140. The topological polar surface area (TPSA) is 61.4 Å². The molecule has 1 aromatic carbocycles. The molecule has 0 bridgehead atoms. The zero-order valence-corrected chi connectivity index (χ0v) is 14.3. The van der Waals surface area contributed by atoms with Crippen molar-refractivity contribution in [1.29, 1.82) is 0 Å². The van der Waals surface area contributed by atoms with Crippen LogP contribution in [0.4, 0.5) is 5.69 Å². The quantitative estimate of drug-likeness (QED) is 0.570. The number of carbonyl (C=O) groups is 2. The zero-order chi connectivity index (χ0) is 16.9. The average molecular weight is 317 g/mol. The van der Waals surface area contributed by atoms with Crippen molar-refractivity contribution in [2.45, 2.75) is 32.6 Å².